The highest BCUT2D eigenvalue weighted by molar-refractivity contribution is 14.1. The van der Waals surface area contributed by atoms with Crippen LogP contribution in [0.15, 0.2) is 87.8 Å². The zero-order valence-electron chi connectivity index (χ0n) is 24.5. The van der Waals surface area contributed by atoms with E-state index in [-0.39, 0.29) is 17.9 Å². The quantitative estimate of drug-likeness (QED) is 0.136. The molecule has 4 aromatic rings. The SMILES string of the molecule is CCOC(=O)C1=C(C)N=c2s/c(=C/c3ccc(OC(=O)c4ccccc4I)c(OCC)c3)c(=O)n2C1c1ccc(OC)cc1. The summed E-state index contributed by atoms with van der Waals surface area (Å²) >= 11 is 3.31. The topological polar surface area (TPSA) is 105 Å². The molecule has 9 nitrogen and oxygen atoms in total. The van der Waals surface area contributed by atoms with Crippen LogP contribution in [0.2, 0.25) is 0 Å². The largest absolute Gasteiger partial charge is 0.497 e. The number of methoxy groups -OCH3 is 1. The number of fused-ring (bicyclic) bond motifs is 1. The molecule has 3 aromatic carbocycles. The Morgan fingerprint density at radius 2 is 1.75 bits per heavy atom. The lowest BCUT2D eigenvalue weighted by Crippen LogP contribution is -2.39. The molecule has 0 aliphatic carbocycles. The van der Waals surface area contributed by atoms with Gasteiger partial charge in [-0.15, -0.1) is 0 Å². The van der Waals surface area contributed by atoms with Gasteiger partial charge in [-0.1, -0.05) is 41.7 Å². The van der Waals surface area contributed by atoms with Crippen LogP contribution in [0.25, 0.3) is 6.08 Å². The number of carbonyl (C=O) groups excluding carboxylic acids is 2. The van der Waals surface area contributed by atoms with Gasteiger partial charge in [0.2, 0.25) is 0 Å². The van der Waals surface area contributed by atoms with Gasteiger partial charge in [0, 0.05) is 3.57 Å². The molecule has 1 unspecified atom stereocenters. The van der Waals surface area contributed by atoms with E-state index in [2.05, 4.69) is 27.6 Å². The Labute approximate surface area is 271 Å². The standard InChI is InChI=1S/C33H29IN2O7S/c1-5-41-26-17-20(11-16-25(26)43-31(38)23-9-7-8-10-24(23)34)18-27-30(37)36-29(21-12-14-22(40-4)15-13-21)28(32(39)42-6-2)19(3)35-33(36)44-27/h7-18,29H,5-6H2,1-4H3/b27-18+. The number of thiazole rings is 1. The second kappa shape index (κ2) is 13.6. The maximum Gasteiger partial charge on any atom is 0.344 e. The lowest BCUT2D eigenvalue weighted by Gasteiger charge is -2.24. The van der Waals surface area contributed by atoms with E-state index < -0.39 is 18.0 Å². The van der Waals surface area contributed by atoms with E-state index in [9.17, 15) is 14.4 Å². The number of esters is 2. The van der Waals surface area contributed by atoms with E-state index in [0.29, 0.717) is 55.4 Å². The van der Waals surface area contributed by atoms with Gasteiger partial charge < -0.3 is 18.9 Å². The Balaban J connectivity index is 1.57. The number of rotatable bonds is 9. The monoisotopic (exact) mass is 724 g/mol. The third-order valence-electron chi connectivity index (χ3n) is 6.81. The second-order valence-electron chi connectivity index (χ2n) is 9.58. The summed E-state index contributed by atoms with van der Waals surface area (Å²) in [6.45, 7) is 5.84. The minimum Gasteiger partial charge on any atom is -0.497 e. The second-order valence-corrected chi connectivity index (χ2v) is 11.8. The van der Waals surface area contributed by atoms with Crippen LogP contribution in [0.5, 0.6) is 17.2 Å². The van der Waals surface area contributed by atoms with Crippen LogP contribution < -0.4 is 29.1 Å². The fourth-order valence-electron chi connectivity index (χ4n) is 4.79. The highest BCUT2D eigenvalue weighted by Gasteiger charge is 2.33. The van der Waals surface area contributed by atoms with Gasteiger partial charge in [0.15, 0.2) is 16.3 Å². The zero-order valence-corrected chi connectivity index (χ0v) is 27.4. The van der Waals surface area contributed by atoms with E-state index in [1.54, 1.807) is 69.5 Å². The van der Waals surface area contributed by atoms with Crippen molar-refractivity contribution in [2.75, 3.05) is 20.3 Å². The van der Waals surface area contributed by atoms with Crippen molar-refractivity contribution in [1.29, 1.82) is 0 Å². The molecule has 1 aliphatic rings. The van der Waals surface area contributed by atoms with Crippen LogP contribution in [0, 0.1) is 3.57 Å². The molecule has 0 saturated carbocycles. The number of ether oxygens (including phenoxy) is 4. The summed E-state index contributed by atoms with van der Waals surface area (Å²) in [5, 5.41) is 0. The molecule has 0 radical (unpaired) electrons. The van der Waals surface area contributed by atoms with Crippen LogP contribution in [-0.4, -0.2) is 36.8 Å². The summed E-state index contributed by atoms with van der Waals surface area (Å²) in [6.07, 6.45) is 1.73. The number of hydrogen-bond acceptors (Lipinski definition) is 9. The maximum atomic E-state index is 14.0. The number of aromatic nitrogens is 1. The van der Waals surface area contributed by atoms with Gasteiger partial charge in [0.25, 0.3) is 5.56 Å². The highest BCUT2D eigenvalue weighted by Crippen LogP contribution is 2.32. The molecule has 5 rings (SSSR count). The number of hydrogen-bond donors (Lipinski definition) is 0. The molecule has 0 amide bonds. The predicted molar refractivity (Wildman–Crippen MR) is 175 cm³/mol. The molecule has 0 fully saturated rings. The van der Waals surface area contributed by atoms with E-state index >= 15 is 0 Å². The summed E-state index contributed by atoms with van der Waals surface area (Å²) < 4.78 is 24.9. The van der Waals surface area contributed by atoms with Crippen molar-refractivity contribution >= 4 is 51.9 Å². The first kappa shape index (κ1) is 31.2. The summed E-state index contributed by atoms with van der Waals surface area (Å²) in [5.41, 5.74) is 2.30. The molecule has 226 valence electrons. The molecule has 1 aliphatic heterocycles. The first-order valence-corrected chi connectivity index (χ1v) is 15.7. The van der Waals surface area contributed by atoms with Crippen LogP contribution in [-0.2, 0) is 9.53 Å². The smallest absolute Gasteiger partial charge is 0.344 e. The third-order valence-corrected chi connectivity index (χ3v) is 8.73. The first-order valence-electron chi connectivity index (χ1n) is 13.8. The lowest BCUT2D eigenvalue weighted by molar-refractivity contribution is -0.139. The molecule has 2 heterocycles. The minimum absolute atomic E-state index is 0.188. The number of allylic oxidation sites excluding steroid dienone is 1. The fourth-order valence-corrected chi connectivity index (χ4v) is 6.45. The van der Waals surface area contributed by atoms with Crippen LogP contribution in [0.3, 0.4) is 0 Å². The Bertz CT molecular complexity index is 1940. The van der Waals surface area contributed by atoms with Gasteiger partial charge in [-0.05, 0) is 97.0 Å². The van der Waals surface area contributed by atoms with E-state index in [1.165, 1.54) is 15.9 Å². The van der Waals surface area contributed by atoms with Crippen molar-refractivity contribution in [3.8, 4) is 17.2 Å². The first-order chi connectivity index (χ1) is 21.2. The summed E-state index contributed by atoms with van der Waals surface area (Å²) in [7, 11) is 1.57. The van der Waals surface area contributed by atoms with Crippen molar-refractivity contribution < 1.29 is 28.5 Å². The van der Waals surface area contributed by atoms with Crippen molar-refractivity contribution in [2.24, 2.45) is 4.99 Å². The maximum absolute atomic E-state index is 14.0. The highest BCUT2D eigenvalue weighted by atomic mass is 127. The van der Waals surface area contributed by atoms with Gasteiger partial charge in [0.05, 0.1) is 47.7 Å². The summed E-state index contributed by atoms with van der Waals surface area (Å²) in [4.78, 5) is 45.0. The van der Waals surface area contributed by atoms with Gasteiger partial charge in [-0.3, -0.25) is 9.36 Å². The minimum atomic E-state index is -0.736. The predicted octanol–water partition coefficient (Wildman–Crippen LogP) is 5.03. The van der Waals surface area contributed by atoms with Gasteiger partial charge in [-0.2, -0.15) is 0 Å². The zero-order chi connectivity index (χ0) is 31.4. The Morgan fingerprint density at radius 1 is 1.00 bits per heavy atom. The lowest BCUT2D eigenvalue weighted by atomic mass is 9.96. The third kappa shape index (κ3) is 6.34. The van der Waals surface area contributed by atoms with Crippen molar-refractivity contribution in [3.05, 3.63) is 118 Å². The molecule has 1 aromatic heterocycles. The molecular formula is C33H29IN2O7S. The molecule has 0 spiro atoms. The molecular weight excluding hydrogens is 695 g/mol. The Morgan fingerprint density at radius 3 is 2.43 bits per heavy atom. The molecule has 0 saturated heterocycles. The number of nitrogens with zero attached hydrogens (tertiary/aromatic N) is 2. The number of carbonyl (C=O) groups is 2. The van der Waals surface area contributed by atoms with Crippen molar-refractivity contribution in [1.82, 2.24) is 4.57 Å². The molecule has 44 heavy (non-hydrogen) atoms. The average molecular weight is 725 g/mol. The fraction of sp³-hybridized carbons (Fsp3) is 0.212. The van der Waals surface area contributed by atoms with Gasteiger partial charge in [-0.25, -0.2) is 14.6 Å². The van der Waals surface area contributed by atoms with Crippen LogP contribution in [0.1, 0.15) is 48.3 Å². The van der Waals surface area contributed by atoms with Gasteiger partial charge >= 0.3 is 11.9 Å². The molecule has 1 atom stereocenters. The van der Waals surface area contributed by atoms with E-state index in [0.717, 1.165) is 3.57 Å². The van der Waals surface area contributed by atoms with E-state index in [4.69, 9.17) is 18.9 Å². The van der Waals surface area contributed by atoms with Crippen molar-refractivity contribution in [2.45, 2.75) is 26.8 Å². The molecule has 11 heteroatoms. The summed E-state index contributed by atoms with van der Waals surface area (Å²) in [5.74, 6) is 0.260. The molecule has 0 bridgehead atoms. The number of benzene rings is 3. The van der Waals surface area contributed by atoms with Gasteiger partial charge in [0.1, 0.15) is 5.75 Å². The van der Waals surface area contributed by atoms with E-state index in [1.807, 2.05) is 31.2 Å². The average Bonchev–Trinajstić information content (AvgIpc) is 3.31. The number of halogens is 1. The molecule has 0 N–H and O–H groups in total. The van der Waals surface area contributed by atoms with Crippen LogP contribution in [0.4, 0.5) is 0 Å². The normalized spacial score (nSPS) is 14.5. The Hall–Kier alpha value is -4.23. The Kier molecular flexibility index (Phi) is 9.64. The summed E-state index contributed by atoms with van der Waals surface area (Å²) in [6, 6.07) is 18.7. The van der Waals surface area contributed by atoms with Crippen molar-refractivity contribution in [3.63, 3.8) is 0 Å². The van der Waals surface area contributed by atoms with Crippen LogP contribution >= 0.6 is 33.9 Å².